The normalized spacial score (nSPS) is 26.3. The molecule has 2 fully saturated rings. The van der Waals surface area contributed by atoms with E-state index in [1.165, 1.54) is 0 Å². The Labute approximate surface area is 163 Å². The third-order valence-corrected chi connectivity index (χ3v) is 5.81. The second kappa shape index (κ2) is 8.52. The van der Waals surface area contributed by atoms with Gasteiger partial charge in [0, 0.05) is 35.2 Å². The van der Waals surface area contributed by atoms with Gasteiger partial charge >= 0.3 is 0 Å². The van der Waals surface area contributed by atoms with Crippen LogP contribution in [0.25, 0.3) is 0 Å². The van der Waals surface area contributed by atoms with Gasteiger partial charge in [0.05, 0.1) is 5.92 Å². The fourth-order valence-electron chi connectivity index (χ4n) is 3.51. The maximum atomic E-state index is 12.5. The molecule has 0 aliphatic carbocycles. The Kier molecular flexibility index (Phi) is 6.88. The summed E-state index contributed by atoms with van der Waals surface area (Å²) in [7, 11) is 0. The van der Waals surface area contributed by atoms with Crippen molar-refractivity contribution in [3.63, 3.8) is 0 Å². The van der Waals surface area contributed by atoms with Crippen molar-refractivity contribution in [1.82, 2.24) is 10.6 Å². The van der Waals surface area contributed by atoms with E-state index in [9.17, 15) is 9.59 Å². The van der Waals surface area contributed by atoms with Crippen LogP contribution in [0.4, 0.5) is 5.69 Å². The van der Waals surface area contributed by atoms with E-state index >= 15 is 0 Å². The number of amides is 2. The first kappa shape index (κ1) is 20.2. The van der Waals surface area contributed by atoms with Crippen LogP contribution < -0.4 is 15.5 Å². The summed E-state index contributed by atoms with van der Waals surface area (Å²) < 4.78 is 1.02. The fraction of sp³-hybridized carbons (Fsp3) is 0.556. The summed E-state index contributed by atoms with van der Waals surface area (Å²) in [6.07, 6.45) is 2.19. The van der Waals surface area contributed by atoms with Crippen LogP contribution in [-0.2, 0) is 9.59 Å². The molecule has 25 heavy (non-hydrogen) atoms. The molecule has 7 heteroatoms. The molecule has 5 nitrogen and oxygen atoms in total. The lowest BCUT2D eigenvalue weighted by atomic mass is 9.99. The summed E-state index contributed by atoms with van der Waals surface area (Å²) in [5, 5.41) is 6.52. The van der Waals surface area contributed by atoms with Gasteiger partial charge in [-0.05, 0) is 57.0 Å². The molecule has 2 amide bonds. The van der Waals surface area contributed by atoms with Crippen LogP contribution in [-0.4, -0.2) is 37.0 Å². The second-order valence-electron chi connectivity index (χ2n) is 6.92. The Hall–Kier alpha value is -1.11. The summed E-state index contributed by atoms with van der Waals surface area (Å²) in [6.45, 7) is 5.53. The number of hydrogen-bond donors (Lipinski definition) is 2. The summed E-state index contributed by atoms with van der Waals surface area (Å²) in [6, 6.07) is 6.49. The lowest BCUT2D eigenvalue weighted by molar-refractivity contribution is -0.127. The predicted molar refractivity (Wildman–Crippen MR) is 105 cm³/mol. The van der Waals surface area contributed by atoms with E-state index in [2.05, 4.69) is 33.5 Å². The van der Waals surface area contributed by atoms with Crippen molar-refractivity contribution in [2.45, 2.75) is 45.2 Å². The van der Waals surface area contributed by atoms with Crippen LogP contribution in [0.1, 0.15) is 31.7 Å². The average molecular weight is 431 g/mol. The molecule has 2 heterocycles. The topological polar surface area (TPSA) is 61.4 Å². The van der Waals surface area contributed by atoms with Crippen LogP contribution in [0.2, 0.25) is 0 Å². The van der Waals surface area contributed by atoms with E-state index in [1.807, 2.05) is 25.1 Å². The smallest absolute Gasteiger partial charge is 0.227 e. The molecule has 2 aliphatic rings. The maximum Gasteiger partial charge on any atom is 0.227 e. The van der Waals surface area contributed by atoms with Crippen LogP contribution in [0.3, 0.4) is 0 Å². The second-order valence-corrected chi connectivity index (χ2v) is 7.78. The maximum absolute atomic E-state index is 12.5. The van der Waals surface area contributed by atoms with Gasteiger partial charge in [-0.2, -0.15) is 0 Å². The summed E-state index contributed by atoms with van der Waals surface area (Å²) in [4.78, 5) is 26.6. The van der Waals surface area contributed by atoms with Gasteiger partial charge in [-0.1, -0.05) is 15.9 Å². The standard InChI is InChI=1S/C18H24BrN3O2.ClH/c1-11-7-15(3-4-16(11)19)22-10-13(9-17(22)23)18(24)21-14-5-6-20-12(2)8-14;/h3-4,7,12-14,20H,5-6,8-10H2,1-2H3,(H,21,24);1H. The Balaban J connectivity index is 0.00000225. The van der Waals surface area contributed by atoms with Gasteiger partial charge < -0.3 is 15.5 Å². The molecule has 2 aliphatic heterocycles. The van der Waals surface area contributed by atoms with E-state index in [4.69, 9.17) is 0 Å². The van der Waals surface area contributed by atoms with Crippen molar-refractivity contribution in [2.24, 2.45) is 5.92 Å². The highest BCUT2D eigenvalue weighted by molar-refractivity contribution is 9.10. The van der Waals surface area contributed by atoms with E-state index in [0.29, 0.717) is 19.0 Å². The number of aryl methyl sites for hydroxylation is 1. The zero-order valence-corrected chi connectivity index (χ0v) is 17.0. The third-order valence-electron chi connectivity index (χ3n) is 4.92. The summed E-state index contributed by atoms with van der Waals surface area (Å²) >= 11 is 3.48. The Morgan fingerprint density at radius 1 is 1.40 bits per heavy atom. The molecule has 3 rings (SSSR count). The van der Waals surface area contributed by atoms with Crippen molar-refractivity contribution in [3.05, 3.63) is 28.2 Å². The summed E-state index contributed by atoms with van der Waals surface area (Å²) in [5.74, 6) is -0.221. The third kappa shape index (κ3) is 4.74. The number of carbonyl (C=O) groups excluding carboxylic acids is 2. The van der Waals surface area contributed by atoms with E-state index < -0.39 is 0 Å². The first-order valence-electron chi connectivity index (χ1n) is 8.54. The number of rotatable bonds is 3. The number of halogens is 2. The fourth-order valence-corrected chi connectivity index (χ4v) is 3.76. The lowest BCUT2D eigenvalue weighted by Crippen LogP contribution is -2.48. The molecule has 3 unspecified atom stereocenters. The highest BCUT2D eigenvalue weighted by atomic mass is 79.9. The van der Waals surface area contributed by atoms with Crippen molar-refractivity contribution in [3.8, 4) is 0 Å². The molecule has 138 valence electrons. The number of hydrogen-bond acceptors (Lipinski definition) is 3. The molecular formula is C18H25BrClN3O2. The summed E-state index contributed by atoms with van der Waals surface area (Å²) in [5.41, 5.74) is 1.95. The first-order valence-corrected chi connectivity index (χ1v) is 9.33. The van der Waals surface area contributed by atoms with Crippen LogP contribution in [0, 0.1) is 12.8 Å². The highest BCUT2D eigenvalue weighted by Gasteiger charge is 2.36. The molecule has 3 atom stereocenters. The predicted octanol–water partition coefficient (Wildman–Crippen LogP) is 2.79. The zero-order chi connectivity index (χ0) is 17.3. The number of anilines is 1. The average Bonchev–Trinajstić information content (AvgIpc) is 2.92. The first-order chi connectivity index (χ1) is 11.4. The minimum atomic E-state index is -0.258. The van der Waals surface area contributed by atoms with Crippen LogP contribution in [0.5, 0.6) is 0 Å². The number of carbonyl (C=O) groups is 2. The van der Waals surface area contributed by atoms with Crippen molar-refractivity contribution in [2.75, 3.05) is 18.0 Å². The Morgan fingerprint density at radius 3 is 2.84 bits per heavy atom. The molecule has 0 saturated carbocycles. The van der Waals surface area contributed by atoms with Gasteiger partial charge in [0.15, 0.2) is 0 Å². The molecule has 0 bridgehead atoms. The Bertz CT molecular complexity index is 655. The number of nitrogens with zero attached hydrogens (tertiary/aromatic N) is 1. The van der Waals surface area contributed by atoms with Crippen molar-refractivity contribution in [1.29, 1.82) is 0 Å². The van der Waals surface area contributed by atoms with Gasteiger partial charge in [-0.15, -0.1) is 12.4 Å². The SMILES string of the molecule is Cc1cc(N2CC(C(=O)NC3CCNC(C)C3)CC2=O)ccc1Br.Cl. The van der Waals surface area contributed by atoms with Crippen molar-refractivity contribution >= 4 is 45.8 Å². The highest BCUT2D eigenvalue weighted by Crippen LogP contribution is 2.28. The molecular weight excluding hydrogens is 406 g/mol. The zero-order valence-electron chi connectivity index (χ0n) is 14.5. The van der Waals surface area contributed by atoms with E-state index in [1.54, 1.807) is 4.90 Å². The Morgan fingerprint density at radius 2 is 2.16 bits per heavy atom. The molecule has 0 aromatic heterocycles. The molecule has 0 spiro atoms. The molecule has 2 N–H and O–H groups in total. The minimum Gasteiger partial charge on any atom is -0.353 e. The molecule has 1 aromatic rings. The van der Waals surface area contributed by atoms with Gasteiger partial charge in [0.1, 0.15) is 0 Å². The molecule has 0 radical (unpaired) electrons. The van der Waals surface area contributed by atoms with Gasteiger partial charge in [0.25, 0.3) is 0 Å². The van der Waals surface area contributed by atoms with Gasteiger partial charge in [-0.25, -0.2) is 0 Å². The van der Waals surface area contributed by atoms with Gasteiger partial charge in [-0.3, -0.25) is 9.59 Å². The number of benzene rings is 1. The lowest BCUT2D eigenvalue weighted by Gasteiger charge is -2.29. The molecule has 2 saturated heterocycles. The number of nitrogens with one attached hydrogen (secondary N) is 2. The number of piperidine rings is 1. The minimum absolute atomic E-state index is 0. The van der Waals surface area contributed by atoms with Crippen LogP contribution in [0.15, 0.2) is 22.7 Å². The van der Waals surface area contributed by atoms with E-state index in [-0.39, 0.29) is 36.2 Å². The van der Waals surface area contributed by atoms with Gasteiger partial charge in [0.2, 0.25) is 11.8 Å². The quantitative estimate of drug-likeness (QED) is 0.775. The van der Waals surface area contributed by atoms with Crippen molar-refractivity contribution < 1.29 is 9.59 Å². The van der Waals surface area contributed by atoms with Crippen LogP contribution >= 0.6 is 28.3 Å². The van der Waals surface area contributed by atoms with E-state index in [0.717, 1.165) is 35.1 Å². The monoisotopic (exact) mass is 429 g/mol. The molecule has 1 aromatic carbocycles. The largest absolute Gasteiger partial charge is 0.353 e.